The van der Waals surface area contributed by atoms with E-state index in [1.165, 1.54) is 32.1 Å². The molecular weight excluding hydrogens is 334 g/mol. The van der Waals surface area contributed by atoms with Crippen molar-refractivity contribution >= 4 is 33.6 Å². The number of carbonyl (C=O) groups excluding carboxylic acids is 1. The molecule has 0 spiro atoms. The lowest BCUT2D eigenvalue weighted by atomic mass is 9.94. The fourth-order valence-electron chi connectivity index (χ4n) is 2.79. The molecule has 1 aliphatic carbocycles. The zero-order valence-corrected chi connectivity index (χ0v) is 14.4. The first-order valence-corrected chi connectivity index (χ1v) is 9.16. The predicted molar refractivity (Wildman–Crippen MR) is 89.1 cm³/mol. The molecule has 2 rings (SSSR count). The number of halogens is 1. The number of rotatable bonds is 5. The van der Waals surface area contributed by atoms with Crippen LogP contribution in [0.5, 0.6) is 0 Å². The quantitative estimate of drug-likeness (QED) is 0.712. The van der Waals surface area contributed by atoms with Crippen molar-refractivity contribution in [1.29, 1.82) is 0 Å². The van der Waals surface area contributed by atoms with Crippen LogP contribution < -0.4 is 0 Å². The van der Waals surface area contributed by atoms with Gasteiger partial charge in [0.25, 0.3) is 0 Å². The van der Waals surface area contributed by atoms with Crippen LogP contribution in [0.3, 0.4) is 0 Å². The Hall–Kier alpha value is -0.480. The number of amides is 1. The number of carbonyl (C=O) groups is 1. The molecule has 4 heteroatoms. The van der Waals surface area contributed by atoms with Gasteiger partial charge in [0.1, 0.15) is 0 Å². The summed E-state index contributed by atoms with van der Waals surface area (Å²) in [5, 5.41) is 0. The van der Waals surface area contributed by atoms with E-state index in [-0.39, 0.29) is 5.91 Å². The van der Waals surface area contributed by atoms with Gasteiger partial charge < -0.3 is 4.90 Å². The lowest BCUT2D eigenvalue weighted by Gasteiger charge is -2.33. The minimum absolute atomic E-state index is 0.285. The van der Waals surface area contributed by atoms with Gasteiger partial charge in [-0.3, -0.25) is 4.79 Å². The molecule has 0 heterocycles. The van der Waals surface area contributed by atoms with Gasteiger partial charge >= 0.3 is 0 Å². The second-order valence-electron chi connectivity index (χ2n) is 5.21. The summed E-state index contributed by atoms with van der Waals surface area (Å²) in [6, 6.07) is 8.63. The van der Waals surface area contributed by atoms with E-state index >= 15 is 0 Å². The average Bonchev–Trinajstić information content (AvgIpc) is 2.48. The Labute approximate surface area is 134 Å². The van der Waals surface area contributed by atoms with Crippen LogP contribution in [-0.4, -0.2) is 29.1 Å². The minimum atomic E-state index is 0.285. The molecule has 0 bridgehead atoms. The predicted octanol–water partition coefficient (Wildman–Crippen LogP) is 4.72. The van der Waals surface area contributed by atoms with Gasteiger partial charge in [-0.15, -0.1) is 11.8 Å². The molecule has 0 N–H and O–H groups in total. The molecule has 1 fully saturated rings. The van der Waals surface area contributed by atoms with E-state index in [1.54, 1.807) is 11.8 Å². The molecule has 0 aliphatic heterocycles. The third kappa shape index (κ3) is 4.52. The Morgan fingerprint density at radius 1 is 1.25 bits per heavy atom. The van der Waals surface area contributed by atoms with Gasteiger partial charge in [0.05, 0.1) is 5.75 Å². The second kappa shape index (κ2) is 8.08. The number of thioether (sulfide) groups is 1. The van der Waals surface area contributed by atoms with Crippen molar-refractivity contribution in [3.05, 3.63) is 28.7 Å². The first-order valence-electron chi connectivity index (χ1n) is 7.38. The normalized spacial score (nSPS) is 16.1. The van der Waals surface area contributed by atoms with Crippen LogP contribution in [0.1, 0.15) is 39.0 Å². The van der Waals surface area contributed by atoms with Crippen molar-refractivity contribution < 1.29 is 4.79 Å². The van der Waals surface area contributed by atoms with Gasteiger partial charge in [-0.25, -0.2) is 0 Å². The van der Waals surface area contributed by atoms with Crippen LogP contribution in [0.15, 0.2) is 33.6 Å². The fourth-order valence-corrected chi connectivity index (χ4v) is 3.84. The van der Waals surface area contributed by atoms with E-state index in [9.17, 15) is 4.79 Å². The molecule has 110 valence electrons. The van der Waals surface area contributed by atoms with Crippen molar-refractivity contribution in [3.8, 4) is 0 Å². The largest absolute Gasteiger partial charge is 0.339 e. The smallest absolute Gasteiger partial charge is 0.233 e. The zero-order valence-electron chi connectivity index (χ0n) is 12.0. The van der Waals surface area contributed by atoms with Crippen molar-refractivity contribution in [3.63, 3.8) is 0 Å². The SMILES string of the molecule is CCN(C(=O)CSc1ccc(Br)cc1)C1CCCCC1. The van der Waals surface area contributed by atoms with E-state index in [2.05, 4.69) is 39.9 Å². The van der Waals surface area contributed by atoms with Crippen LogP contribution >= 0.6 is 27.7 Å². The highest BCUT2D eigenvalue weighted by atomic mass is 79.9. The maximum Gasteiger partial charge on any atom is 0.233 e. The molecule has 20 heavy (non-hydrogen) atoms. The summed E-state index contributed by atoms with van der Waals surface area (Å²) in [7, 11) is 0. The summed E-state index contributed by atoms with van der Waals surface area (Å²) >= 11 is 5.06. The van der Waals surface area contributed by atoms with Crippen LogP contribution in [0.25, 0.3) is 0 Å². The highest BCUT2D eigenvalue weighted by Gasteiger charge is 2.23. The molecule has 1 amide bonds. The maximum absolute atomic E-state index is 12.4. The first kappa shape index (κ1) is 15.9. The van der Waals surface area contributed by atoms with Crippen LogP contribution in [0, 0.1) is 0 Å². The van der Waals surface area contributed by atoms with E-state index in [4.69, 9.17) is 0 Å². The standard InChI is InChI=1S/C16H22BrNOS/c1-2-18(14-6-4-3-5-7-14)16(19)12-20-15-10-8-13(17)9-11-15/h8-11,14H,2-7,12H2,1H3. The summed E-state index contributed by atoms with van der Waals surface area (Å²) in [6.45, 7) is 2.93. The van der Waals surface area contributed by atoms with Crippen LogP contribution in [-0.2, 0) is 4.79 Å². The van der Waals surface area contributed by atoms with Gasteiger partial charge in [0, 0.05) is 22.0 Å². The molecule has 1 aliphatic rings. The topological polar surface area (TPSA) is 20.3 Å². The monoisotopic (exact) mass is 355 g/mol. The highest BCUT2D eigenvalue weighted by molar-refractivity contribution is 9.10. The highest BCUT2D eigenvalue weighted by Crippen LogP contribution is 2.25. The van der Waals surface area contributed by atoms with E-state index in [1.807, 2.05) is 12.1 Å². The van der Waals surface area contributed by atoms with Crippen molar-refractivity contribution in [2.45, 2.75) is 50.0 Å². The van der Waals surface area contributed by atoms with Crippen molar-refractivity contribution in [2.24, 2.45) is 0 Å². The second-order valence-corrected chi connectivity index (χ2v) is 7.18. The molecule has 0 saturated heterocycles. The lowest BCUT2D eigenvalue weighted by Crippen LogP contribution is -2.42. The summed E-state index contributed by atoms with van der Waals surface area (Å²) < 4.78 is 1.07. The molecule has 0 unspecified atom stereocenters. The van der Waals surface area contributed by atoms with E-state index in [0.717, 1.165) is 15.9 Å². The van der Waals surface area contributed by atoms with Gasteiger partial charge in [-0.1, -0.05) is 35.2 Å². The van der Waals surface area contributed by atoms with Crippen LogP contribution in [0.4, 0.5) is 0 Å². The van der Waals surface area contributed by atoms with Gasteiger partial charge in [-0.05, 0) is 44.0 Å². The number of benzene rings is 1. The Morgan fingerprint density at radius 2 is 1.90 bits per heavy atom. The van der Waals surface area contributed by atoms with E-state index in [0.29, 0.717) is 11.8 Å². The Kier molecular flexibility index (Phi) is 6.43. The Balaban J connectivity index is 1.87. The van der Waals surface area contributed by atoms with Gasteiger partial charge in [-0.2, -0.15) is 0 Å². The summed E-state index contributed by atoms with van der Waals surface area (Å²) in [5.41, 5.74) is 0. The van der Waals surface area contributed by atoms with Crippen LogP contribution in [0.2, 0.25) is 0 Å². The summed E-state index contributed by atoms with van der Waals surface area (Å²) in [5.74, 6) is 0.832. The minimum Gasteiger partial charge on any atom is -0.339 e. The van der Waals surface area contributed by atoms with Crippen molar-refractivity contribution in [2.75, 3.05) is 12.3 Å². The zero-order chi connectivity index (χ0) is 14.4. The number of nitrogens with zero attached hydrogens (tertiary/aromatic N) is 1. The van der Waals surface area contributed by atoms with E-state index < -0.39 is 0 Å². The molecule has 0 aromatic heterocycles. The lowest BCUT2D eigenvalue weighted by molar-refractivity contribution is -0.131. The van der Waals surface area contributed by atoms with Crippen molar-refractivity contribution in [1.82, 2.24) is 4.90 Å². The molecule has 0 atom stereocenters. The Bertz CT molecular complexity index is 429. The first-order chi connectivity index (χ1) is 9.70. The molecule has 1 aromatic rings. The molecule has 0 radical (unpaired) electrons. The third-order valence-electron chi connectivity index (χ3n) is 3.85. The number of hydrogen-bond acceptors (Lipinski definition) is 2. The molecule has 1 saturated carbocycles. The third-order valence-corrected chi connectivity index (χ3v) is 5.38. The van der Waals surface area contributed by atoms with Gasteiger partial charge in [0.15, 0.2) is 0 Å². The Morgan fingerprint density at radius 3 is 2.50 bits per heavy atom. The average molecular weight is 356 g/mol. The maximum atomic E-state index is 12.4. The molecular formula is C16H22BrNOS. The fraction of sp³-hybridized carbons (Fsp3) is 0.562. The molecule has 1 aromatic carbocycles. The van der Waals surface area contributed by atoms with Gasteiger partial charge in [0.2, 0.25) is 5.91 Å². The summed E-state index contributed by atoms with van der Waals surface area (Å²) in [6.07, 6.45) is 6.24. The summed E-state index contributed by atoms with van der Waals surface area (Å²) in [4.78, 5) is 15.7. The molecule has 2 nitrogen and oxygen atoms in total. The number of hydrogen-bond donors (Lipinski definition) is 0.